The Morgan fingerprint density at radius 3 is 2.85 bits per heavy atom. The molecule has 0 unspecified atom stereocenters. The van der Waals surface area contributed by atoms with Crippen LogP contribution in [0, 0.1) is 0 Å². The fourth-order valence-electron chi connectivity index (χ4n) is 1.99. The van der Waals surface area contributed by atoms with Crippen molar-refractivity contribution in [1.29, 1.82) is 0 Å². The monoisotopic (exact) mass is 409 g/mol. The minimum atomic E-state index is 0.000522. The highest BCUT2D eigenvalue weighted by molar-refractivity contribution is 7.99. The first-order valence-electron chi connectivity index (χ1n) is 7.70. The van der Waals surface area contributed by atoms with Crippen LogP contribution >= 0.6 is 34.7 Å². The molecular weight excluding hydrogens is 394 g/mol. The summed E-state index contributed by atoms with van der Waals surface area (Å²) in [5.41, 5.74) is 0. The van der Waals surface area contributed by atoms with Gasteiger partial charge in [0, 0.05) is 16.9 Å². The molecule has 2 heterocycles. The molecule has 0 atom stereocenters. The molecule has 0 radical (unpaired) electrons. The predicted molar refractivity (Wildman–Crippen MR) is 102 cm³/mol. The van der Waals surface area contributed by atoms with Crippen molar-refractivity contribution in [2.24, 2.45) is 0 Å². The lowest BCUT2D eigenvalue weighted by molar-refractivity contribution is -0.127. The van der Waals surface area contributed by atoms with E-state index in [1.54, 1.807) is 47.5 Å². The summed E-state index contributed by atoms with van der Waals surface area (Å²) in [4.78, 5) is 15.0. The van der Waals surface area contributed by atoms with E-state index in [9.17, 15) is 4.79 Å². The van der Waals surface area contributed by atoms with Gasteiger partial charge in [-0.1, -0.05) is 29.4 Å². The maximum atomic E-state index is 12.2. The Bertz CT molecular complexity index is 837. The zero-order chi connectivity index (χ0) is 18.4. The summed E-state index contributed by atoms with van der Waals surface area (Å²) in [6, 6.07) is 11.0. The summed E-state index contributed by atoms with van der Waals surface area (Å²) in [6.07, 6.45) is 0. The molecule has 3 aromatic rings. The SMILES string of the molecule is CN(Cc1cccs1)C(=O)CSc1nnc(COc2ccc(Cl)cc2)o1. The van der Waals surface area contributed by atoms with Crippen molar-refractivity contribution in [3.63, 3.8) is 0 Å². The number of thioether (sulfide) groups is 1. The minimum absolute atomic E-state index is 0.000522. The van der Waals surface area contributed by atoms with Crippen LogP contribution in [0.15, 0.2) is 51.4 Å². The normalized spacial score (nSPS) is 10.7. The van der Waals surface area contributed by atoms with Crippen molar-refractivity contribution >= 4 is 40.6 Å². The molecule has 0 aliphatic heterocycles. The van der Waals surface area contributed by atoms with Crippen LogP contribution in [0.4, 0.5) is 0 Å². The number of ether oxygens (including phenoxy) is 1. The second kappa shape index (κ2) is 9.07. The number of carbonyl (C=O) groups is 1. The van der Waals surface area contributed by atoms with Gasteiger partial charge in [-0.2, -0.15) is 0 Å². The van der Waals surface area contributed by atoms with Gasteiger partial charge in [0.2, 0.25) is 5.91 Å². The Labute approximate surface area is 164 Å². The number of aromatic nitrogens is 2. The van der Waals surface area contributed by atoms with E-state index in [-0.39, 0.29) is 18.3 Å². The maximum Gasteiger partial charge on any atom is 0.277 e. The van der Waals surface area contributed by atoms with Crippen molar-refractivity contribution in [3.05, 3.63) is 57.6 Å². The Balaban J connectivity index is 1.44. The highest BCUT2D eigenvalue weighted by atomic mass is 35.5. The lowest BCUT2D eigenvalue weighted by Gasteiger charge is -2.15. The topological polar surface area (TPSA) is 68.5 Å². The zero-order valence-electron chi connectivity index (χ0n) is 13.9. The number of hydrogen-bond acceptors (Lipinski definition) is 7. The third-order valence-corrected chi connectivity index (χ3v) is 5.26. The molecule has 1 aromatic carbocycles. The molecule has 0 aliphatic rings. The van der Waals surface area contributed by atoms with E-state index in [2.05, 4.69) is 10.2 Å². The van der Waals surface area contributed by atoms with E-state index in [0.717, 1.165) is 4.88 Å². The number of benzene rings is 1. The van der Waals surface area contributed by atoms with Gasteiger partial charge in [0.15, 0.2) is 6.61 Å². The molecule has 0 saturated heterocycles. The van der Waals surface area contributed by atoms with Gasteiger partial charge in [0.25, 0.3) is 11.1 Å². The molecule has 6 nitrogen and oxygen atoms in total. The summed E-state index contributed by atoms with van der Waals surface area (Å²) in [7, 11) is 1.78. The summed E-state index contributed by atoms with van der Waals surface area (Å²) < 4.78 is 11.0. The average molecular weight is 410 g/mol. The second-order valence-corrected chi connectivity index (χ2v) is 7.72. The van der Waals surface area contributed by atoms with E-state index in [1.807, 2.05) is 17.5 Å². The Hall–Kier alpha value is -2.03. The third kappa shape index (κ3) is 5.48. The lowest BCUT2D eigenvalue weighted by atomic mass is 10.3. The molecule has 136 valence electrons. The summed E-state index contributed by atoms with van der Waals surface area (Å²) >= 11 is 8.67. The second-order valence-electron chi connectivity index (χ2n) is 5.32. The van der Waals surface area contributed by atoms with Gasteiger partial charge >= 0.3 is 0 Å². The predicted octanol–water partition coefficient (Wildman–Crippen LogP) is 4.11. The summed E-state index contributed by atoms with van der Waals surface area (Å²) in [6.45, 7) is 0.752. The number of hydrogen-bond donors (Lipinski definition) is 0. The van der Waals surface area contributed by atoms with Crippen LogP contribution in [-0.4, -0.2) is 33.8 Å². The van der Waals surface area contributed by atoms with Crippen molar-refractivity contribution in [1.82, 2.24) is 15.1 Å². The molecule has 9 heteroatoms. The fraction of sp³-hybridized carbons (Fsp3) is 0.235. The summed E-state index contributed by atoms with van der Waals surface area (Å²) in [5, 5.41) is 10.8. The molecule has 0 spiro atoms. The first kappa shape index (κ1) is 18.8. The van der Waals surface area contributed by atoms with Crippen LogP contribution in [0.5, 0.6) is 5.75 Å². The van der Waals surface area contributed by atoms with E-state index < -0.39 is 0 Å². The van der Waals surface area contributed by atoms with Gasteiger partial charge < -0.3 is 14.1 Å². The number of halogens is 1. The van der Waals surface area contributed by atoms with E-state index in [4.69, 9.17) is 20.8 Å². The average Bonchev–Trinajstić information content (AvgIpc) is 3.31. The Kier molecular flexibility index (Phi) is 6.54. The van der Waals surface area contributed by atoms with E-state index >= 15 is 0 Å². The van der Waals surface area contributed by atoms with Gasteiger partial charge in [-0.3, -0.25) is 4.79 Å². The number of nitrogens with zero attached hydrogens (tertiary/aromatic N) is 3. The number of rotatable bonds is 8. The Morgan fingerprint density at radius 2 is 2.12 bits per heavy atom. The number of carbonyl (C=O) groups excluding carboxylic acids is 1. The van der Waals surface area contributed by atoms with Crippen molar-refractivity contribution in [2.45, 2.75) is 18.4 Å². The van der Waals surface area contributed by atoms with E-state index in [1.165, 1.54) is 11.8 Å². The summed E-state index contributed by atoms with van der Waals surface area (Å²) in [5.74, 6) is 1.25. The van der Waals surface area contributed by atoms with Crippen molar-refractivity contribution < 1.29 is 13.9 Å². The third-order valence-electron chi connectivity index (χ3n) is 3.34. The van der Waals surface area contributed by atoms with Crippen molar-refractivity contribution in [2.75, 3.05) is 12.8 Å². The fourth-order valence-corrected chi connectivity index (χ4v) is 3.59. The first-order valence-corrected chi connectivity index (χ1v) is 9.94. The molecule has 0 N–H and O–H groups in total. The van der Waals surface area contributed by atoms with Crippen LogP contribution in [0.3, 0.4) is 0 Å². The number of amides is 1. The molecule has 0 fully saturated rings. The van der Waals surface area contributed by atoms with E-state index in [0.29, 0.717) is 28.4 Å². The molecule has 2 aromatic heterocycles. The van der Waals surface area contributed by atoms with Gasteiger partial charge in [0.1, 0.15) is 5.75 Å². The van der Waals surface area contributed by atoms with Crippen LogP contribution in [0.2, 0.25) is 5.02 Å². The van der Waals surface area contributed by atoms with Crippen LogP contribution in [0.1, 0.15) is 10.8 Å². The van der Waals surface area contributed by atoms with Gasteiger partial charge in [-0.15, -0.1) is 21.5 Å². The molecule has 26 heavy (non-hydrogen) atoms. The molecule has 3 rings (SSSR count). The molecule has 0 saturated carbocycles. The van der Waals surface area contributed by atoms with Gasteiger partial charge in [-0.25, -0.2) is 0 Å². The van der Waals surface area contributed by atoms with Crippen LogP contribution < -0.4 is 4.74 Å². The van der Waals surface area contributed by atoms with Gasteiger partial charge in [-0.05, 0) is 35.7 Å². The standard InChI is InChI=1S/C17H16ClN3O3S2/c1-21(9-14-3-2-8-25-14)16(22)11-26-17-20-19-15(24-17)10-23-13-6-4-12(18)5-7-13/h2-8H,9-11H2,1H3. The number of thiophene rings is 1. The van der Waals surface area contributed by atoms with Crippen molar-refractivity contribution in [3.8, 4) is 5.75 Å². The molecular formula is C17H16ClN3O3S2. The van der Waals surface area contributed by atoms with Crippen LogP contribution in [-0.2, 0) is 17.9 Å². The maximum absolute atomic E-state index is 12.2. The smallest absolute Gasteiger partial charge is 0.277 e. The van der Waals surface area contributed by atoms with Gasteiger partial charge in [0.05, 0.1) is 12.3 Å². The minimum Gasteiger partial charge on any atom is -0.484 e. The highest BCUT2D eigenvalue weighted by Crippen LogP contribution is 2.20. The van der Waals surface area contributed by atoms with Crippen LogP contribution in [0.25, 0.3) is 0 Å². The molecule has 1 amide bonds. The zero-order valence-corrected chi connectivity index (χ0v) is 16.3. The molecule has 0 bridgehead atoms. The Morgan fingerprint density at radius 1 is 1.31 bits per heavy atom. The largest absolute Gasteiger partial charge is 0.484 e. The first-order chi connectivity index (χ1) is 12.6. The lowest BCUT2D eigenvalue weighted by Crippen LogP contribution is -2.27. The highest BCUT2D eigenvalue weighted by Gasteiger charge is 2.14. The molecule has 0 aliphatic carbocycles. The quantitative estimate of drug-likeness (QED) is 0.521.